The van der Waals surface area contributed by atoms with E-state index in [0.29, 0.717) is 22.4 Å². The van der Waals surface area contributed by atoms with Gasteiger partial charge in [0.25, 0.3) is 5.91 Å². The minimum absolute atomic E-state index is 0.146. The van der Waals surface area contributed by atoms with E-state index in [-0.39, 0.29) is 11.5 Å². The van der Waals surface area contributed by atoms with Crippen LogP contribution in [0, 0.1) is 20.8 Å². The zero-order valence-electron chi connectivity index (χ0n) is 16.6. The Morgan fingerprint density at radius 3 is 2.21 bits per heavy atom. The Balaban J connectivity index is 1.87. The van der Waals surface area contributed by atoms with Gasteiger partial charge in [0.15, 0.2) is 11.6 Å². The number of carbonyl (C=O) groups excluding carboxylic acids is 4. The average Bonchev–Trinajstić information content (AvgIpc) is 3.03. The first-order valence-corrected chi connectivity index (χ1v) is 9.00. The van der Waals surface area contributed by atoms with E-state index in [0.717, 1.165) is 10.5 Å². The zero-order valence-corrected chi connectivity index (χ0v) is 16.6. The quantitative estimate of drug-likeness (QED) is 0.614. The van der Waals surface area contributed by atoms with E-state index in [9.17, 15) is 19.2 Å². The smallest absolute Gasteiger partial charge is 0.325 e. The van der Waals surface area contributed by atoms with E-state index >= 15 is 0 Å². The van der Waals surface area contributed by atoms with Crippen LogP contribution in [-0.4, -0.2) is 39.9 Å². The summed E-state index contributed by atoms with van der Waals surface area (Å²) in [6, 6.07) is 6.69. The largest absolute Gasteiger partial charge is 0.355 e. The average molecular weight is 381 g/mol. The number of urea groups is 1. The normalized spacial score (nSPS) is 19.1. The number of benzene rings is 1. The maximum atomic E-state index is 13.0. The van der Waals surface area contributed by atoms with E-state index < -0.39 is 29.8 Å². The number of nitrogens with zero attached hydrogens (tertiary/aromatic N) is 1. The number of Topliss-reactive ketones (excluding diaryl/α,β-unsaturated/α-hetero) is 2. The lowest BCUT2D eigenvalue weighted by Crippen LogP contribution is -2.41. The van der Waals surface area contributed by atoms with Crippen LogP contribution in [0.1, 0.15) is 57.1 Å². The maximum Gasteiger partial charge on any atom is 0.325 e. The van der Waals surface area contributed by atoms with Crippen LogP contribution in [0.15, 0.2) is 24.3 Å². The number of imide groups is 1. The minimum atomic E-state index is -1.23. The fourth-order valence-corrected chi connectivity index (χ4v) is 3.70. The Bertz CT molecular complexity index is 1000. The summed E-state index contributed by atoms with van der Waals surface area (Å²) in [5.74, 6) is -1.06. The van der Waals surface area contributed by atoms with Crippen molar-refractivity contribution in [2.75, 3.05) is 6.54 Å². The van der Waals surface area contributed by atoms with E-state index in [1.54, 1.807) is 32.9 Å². The van der Waals surface area contributed by atoms with Crippen molar-refractivity contribution in [2.24, 2.45) is 0 Å². The molecule has 1 atom stereocenters. The number of hydrogen-bond donors (Lipinski definition) is 2. The third-order valence-corrected chi connectivity index (χ3v) is 5.27. The van der Waals surface area contributed by atoms with E-state index in [1.807, 2.05) is 19.1 Å². The van der Waals surface area contributed by atoms with Crippen molar-refractivity contribution in [3.8, 4) is 0 Å². The van der Waals surface area contributed by atoms with Gasteiger partial charge >= 0.3 is 6.03 Å². The second-order valence-electron chi connectivity index (χ2n) is 7.42. The summed E-state index contributed by atoms with van der Waals surface area (Å²) in [4.78, 5) is 53.8. The minimum Gasteiger partial charge on any atom is -0.355 e. The van der Waals surface area contributed by atoms with Gasteiger partial charge in [-0.15, -0.1) is 0 Å². The number of ketones is 2. The number of H-pyrrole nitrogens is 1. The zero-order chi connectivity index (χ0) is 20.8. The van der Waals surface area contributed by atoms with Crippen LogP contribution < -0.4 is 5.32 Å². The molecule has 0 bridgehead atoms. The lowest BCUT2D eigenvalue weighted by Gasteiger charge is -2.22. The Labute approximate surface area is 163 Å². The highest BCUT2D eigenvalue weighted by atomic mass is 16.2. The Kier molecular flexibility index (Phi) is 4.71. The molecule has 1 saturated heterocycles. The Morgan fingerprint density at radius 2 is 1.68 bits per heavy atom. The molecule has 7 nitrogen and oxygen atoms in total. The topological polar surface area (TPSA) is 99.3 Å². The van der Waals surface area contributed by atoms with Gasteiger partial charge in [0.2, 0.25) is 0 Å². The van der Waals surface area contributed by atoms with Crippen LogP contribution in [0.25, 0.3) is 0 Å². The highest BCUT2D eigenvalue weighted by Crippen LogP contribution is 2.29. The highest BCUT2D eigenvalue weighted by Gasteiger charge is 2.49. The molecule has 1 aromatic carbocycles. The van der Waals surface area contributed by atoms with Crippen LogP contribution >= 0.6 is 0 Å². The van der Waals surface area contributed by atoms with Crippen molar-refractivity contribution in [3.63, 3.8) is 0 Å². The number of hydrogen-bond acceptors (Lipinski definition) is 4. The van der Waals surface area contributed by atoms with E-state index in [4.69, 9.17) is 0 Å². The van der Waals surface area contributed by atoms with Gasteiger partial charge in [-0.2, -0.15) is 0 Å². The number of amides is 3. The molecule has 146 valence electrons. The molecule has 1 fully saturated rings. The first kappa shape index (κ1) is 19.5. The standard InChI is InChI=1S/C21H23N3O4/c1-11-6-8-15(9-7-11)21(5)19(27)24(20(28)23-21)10-16(26)18-12(2)17(14(4)25)13(3)22-18/h6-9,22H,10H2,1-5H3,(H,23,28). The molecule has 1 unspecified atom stereocenters. The predicted octanol–water partition coefficient (Wildman–Crippen LogP) is 2.79. The van der Waals surface area contributed by atoms with Gasteiger partial charge in [-0.05, 0) is 45.7 Å². The molecular weight excluding hydrogens is 358 g/mol. The fourth-order valence-electron chi connectivity index (χ4n) is 3.70. The molecule has 0 radical (unpaired) electrons. The van der Waals surface area contributed by atoms with Crippen LogP contribution in [0.5, 0.6) is 0 Å². The first-order valence-electron chi connectivity index (χ1n) is 9.00. The van der Waals surface area contributed by atoms with Crippen LogP contribution in [0.3, 0.4) is 0 Å². The first-order chi connectivity index (χ1) is 13.1. The third kappa shape index (κ3) is 3.02. The van der Waals surface area contributed by atoms with Crippen LogP contribution in [0.4, 0.5) is 4.79 Å². The summed E-state index contributed by atoms with van der Waals surface area (Å²) >= 11 is 0. The highest BCUT2D eigenvalue weighted by molar-refractivity contribution is 6.12. The second kappa shape index (κ2) is 6.74. The molecule has 2 heterocycles. The SMILES string of the molecule is CC(=O)c1c(C)[nH]c(C(=O)CN2C(=O)NC(C)(c3ccc(C)cc3)C2=O)c1C. The summed E-state index contributed by atoms with van der Waals surface area (Å²) < 4.78 is 0. The number of carbonyl (C=O) groups is 4. The van der Waals surface area contributed by atoms with Gasteiger partial charge < -0.3 is 10.3 Å². The Hall–Kier alpha value is -3.22. The monoisotopic (exact) mass is 381 g/mol. The van der Waals surface area contributed by atoms with Crippen LogP contribution in [0.2, 0.25) is 0 Å². The summed E-state index contributed by atoms with van der Waals surface area (Å²) in [5, 5.41) is 2.69. The fraction of sp³-hybridized carbons (Fsp3) is 0.333. The van der Waals surface area contributed by atoms with Crippen molar-refractivity contribution >= 4 is 23.5 Å². The number of aromatic nitrogens is 1. The lowest BCUT2D eigenvalue weighted by molar-refractivity contribution is -0.130. The number of nitrogens with one attached hydrogen (secondary N) is 2. The maximum absolute atomic E-state index is 13.0. The van der Waals surface area contributed by atoms with Gasteiger partial charge in [-0.25, -0.2) is 4.79 Å². The summed E-state index contributed by atoms with van der Waals surface area (Å²) in [5.41, 5.74) is 2.29. The van der Waals surface area contributed by atoms with Crippen molar-refractivity contribution in [1.29, 1.82) is 0 Å². The molecular formula is C21H23N3O4. The van der Waals surface area contributed by atoms with Crippen molar-refractivity contribution < 1.29 is 19.2 Å². The molecule has 2 aromatic rings. The molecule has 7 heteroatoms. The predicted molar refractivity (Wildman–Crippen MR) is 103 cm³/mol. The molecule has 0 saturated carbocycles. The van der Waals surface area contributed by atoms with Gasteiger partial charge in [-0.1, -0.05) is 29.8 Å². The molecule has 2 N–H and O–H groups in total. The van der Waals surface area contributed by atoms with Crippen molar-refractivity contribution in [3.05, 3.63) is 57.9 Å². The summed E-state index contributed by atoms with van der Waals surface area (Å²) in [6.07, 6.45) is 0. The summed E-state index contributed by atoms with van der Waals surface area (Å²) in [6.45, 7) is 7.98. The van der Waals surface area contributed by atoms with Gasteiger partial charge in [0.05, 0.1) is 12.2 Å². The molecule has 1 aromatic heterocycles. The third-order valence-electron chi connectivity index (χ3n) is 5.27. The molecule has 1 aliphatic rings. The van der Waals surface area contributed by atoms with Crippen molar-refractivity contribution in [1.82, 2.24) is 15.2 Å². The van der Waals surface area contributed by atoms with Gasteiger partial charge in [0.1, 0.15) is 5.54 Å². The van der Waals surface area contributed by atoms with Gasteiger partial charge in [0, 0.05) is 11.3 Å². The second-order valence-corrected chi connectivity index (χ2v) is 7.42. The summed E-state index contributed by atoms with van der Waals surface area (Å²) in [7, 11) is 0. The lowest BCUT2D eigenvalue weighted by atomic mass is 9.91. The molecule has 1 aliphatic heterocycles. The molecule has 3 rings (SSSR count). The van der Waals surface area contributed by atoms with E-state index in [2.05, 4.69) is 10.3 Å². The number of aromatic amines is 1. The van der Waals surface area contributed by atoms with Crippen molar-refractivity contribution in [2.45, 2.75) is 40.2 Å². The van der Waals surface area contributed by atoms with E-state index in [1.165, 1.54) is 6.92 Å². The Morgan fingerprint density at radius 1 is 1.07 bits per heavy atom. The van der Waals surface area contributed by atoms with Crippen LogP contribution in [-0.2, 0) is 10.3 Å². The molecule has 3 amide bonds. The molecule has 0 aliphatic carbocycles. The molecule has 0 spiro atoms. The van der Waals surface area contributed by atoms with Gasteiger partial charge in [-0.3, -0.25) is 19.3 Å². The number of rotatable bonds is 5. The number of aryl methyl sites for hydroxylation is 2. The molecule has 28 heavy (non-hydrogen) atoms.